The van der Waals surface area contributed by atoms with E-state index in [9.17, 15) is 14.7 Å². The van der Waals surface area contributed by atoms with Crippen LogP contribution in [0.3, 0.4) is 0 Å². The lowest BCUT2D eigenvalue weighted by Crippen LogP contribution is -2.35. The van der Waals surface area contributed by atoms with Gasteiger partial charge in [0, 0.05) is 5.56 Å². The van der Waals surface area contributed by atoms with Crippen LogP contribution in [0.25, 0.3) is 0 Å². The molecule has 1 aromatic carbocycles. The van der Waals surface area contributed by atoms with Gasteiger partial charge in [-0.3, -0.25) is 14.5 Å². The van der Waals surface area contributed by atoms with Crippen molar-refractivity contribution in [1.82, 2.24) is 4.90 Å². The molecule has 1 aliphatic carbocycles. The summed E-state index contributed by atoms with van der Waals surface area (Å²) in [5.41, 5.74) is 0.562. The second kappa shape index (κ2) is 4.63. The van der Waals surface area contributed by atoms with Crippen molar-refractivity contribution in [2.75, 3.05) is 0 Å². The topological polar surface area (TPSA) is 57.6 Å². The minimum Gasteiger partial charge on any atom is -0.369 e. The number of aliphatic hydroxyl groups is 1. The minimum atomic E-state index is -1.18. The highest BCUT2D eigenvalue weighted by Crippen LogP contribution is 2.37. The van der Waals surface area contributed by atoms with Crippen LogP contribution < -0.4 is 0 Å². The van der Waals surface area contributed by atoms with Gasteiger partial charge in [-0.15, -0.1) is 0 Å². The number of allylic oxidation sites excluding steroid dienone is 1. The van der Waals surface area contributed by atoms with Crippen LogP contribution in [0, 0.1) is 11.8 Å². The number of amides is 2. The van der Waals surface area contributed by atoms with Crippen molar-refractivity contribution in [1.29, 1.82) is 0 Å². The van der Waals surface area contributed by atoms with E-state index in [-0.39, 0.29) is 23.7 Å². The first kappa shape index (κ1) is 12.1. The third-order valence-corrected chi connectivity index (χ3v) is 3.84. The quantitative estimate of drug-likeness (QED) is 0.647. The molecule has 3 atom stereocenters. The van der Waals surface area contributed by atoms with E-state index in [4.69, 9.17) is 0 Å². The number of rotatable bonds is 2. The Labute approximate surface area is 111 Å². The van der Waals surface area contributed by atoms with Crippen LogP contribution in [-0.4, -0.2) is 21.8 Å². The predicted octanol–water partition coefficient (Wildman–Crippen LogP) is 1.63. The molecule has 0 bridgehead atoms. The maximum absolute atomic E-state index is 12.3. The molecule has 3 unspecified atom stereocenters. The van der Waals surface area contributed by atoms with Gasteiger partial charge < -0.3 is 5.11 Å². The lowest BCUT2D eigenvalue weighted by molar-refractivity contribution is -0.151. The zero-order valence-electron chi connectivity index (χ0n) is 10.4. The van der Waals surface area contributed by atoms with Crippen molar-refractivity contribution in [3.8, 4) is 0 Å². The van der Waals surface area contributed by atoms with Gasteiger partial charge in [-0.25, -0.2) is 0 Å². The van der Waals surface area contributed by atoms with Gasteiger partial charge in [-0.2, -0.15) is 0 Å². The van der Waals surface area contributed by atoms with Crippen LogP contribution in [0.4, 0.5) is 0 Å². The van der Waals surface area contributed by atoms with Gasteiger partial charge in [0.05, 0.1) is 11.8 Å². The molecule has 19 heavy (non-hydrogen) atoms. The van der Waals surface area contributed by atoms with E-state index in [2.05, 4.69) is 0 Å². The number of carbonyl (C=O) groups is 2. The first-order chi connectivity index (χ1) is 9.20. The first-order valence-corrected chi connectivity index (χ1v) is 6.47. The maximum Gasteiger partial charge on any atom is 0.239 e. The molecule has 1 fully saturated rings. The fourth-order valence-electron chi connectivity index (χ4n) is 2.83. The molecule has 3 rings (SSSR count). The second-order valence-electron chi connectivity index (χ2n) is 4.97. The summed E-state index contributed by atoms with van der Waals surface area (Å²) in [5.74, 6) is -1.23. The molecule has 4 heteroatoms. The minimum absolute atomic E-state index is 0.254. The smallest absolute Gasteiger partial charge is 0.239 e. The maximum atomic E-state index is 12.3. The summed E-state index contributed by atoms with van der Waals surface area (Å²) in [7, 11) is 0. The standard InChI is InChI=1S/C15H15NO3/c17-13(10-6-2-1-3-7-10)16-14(18)11-8-4-5-9-12(11)15(16)19/h1-4,6-8,11-13,17H,5,9H2. The summed E-state index contributed by atoms with van der Waals surface area (Å²) in [4.78, 5) is 25.5. The fourth-order valence-corrected chi connectivity index (χ4v) is 2.83. The average molecular weight is 257 g/mol. The molecule has 2 aliphatic rings. The molecule has 1 aliphatic heterocycles. The summed E-state index contributed by atoms with van der Waals surface area (Å²) in [6, 6.07) is 8.80. The first-order valence-electron chi connectivity index (χ1n) is 6.47. The number of hydrogen-bond acceptors (Lipinski definition) is 3. The third-order valence-electron chi connectivity index (χ3n) is 3.84. The molecule has 0 aromatic heterocycles. The molecule has 1 heterocycles. The van der Waals surface area contributed by atoms with Gasteiger partial charge in [0.1, 0.15) is 0 Å². The largest absolute Gasteiger partial charge is 0.369 e. The Morgan fingerprint density at radius 2 is 1.89 bits per heavy atom. The van der Waals surface area contributed by atoms with Crippen LogP contribution in [0.1, 0.15) is 24.6 Å². The fraction of sp³-hybridized carbons (Fsp3) is 0.333. The van der Waals surface area contributed by atoms with Gasteiger partial charge in [-0.05, 0) is 12.8 Å². The molecular weight excluding hydrogens is 242 g/mol. The van der Waals surface area contributed by atoms with Gasteiger partial charge >= 0.3 is 0 Å². The predicted molar refractivity (Wildman–Crippen MR) is 68.6 cm³/mol. The Balaban J connectivity index is 1.91. The summed E-state index contributed by atoms with van der Waals surface area (Å²) >= 11 is 0. The molecule has 1 N–H and O–H groups in total. The lowest BCUT2D eigenvalue weighted by Gasteiger charge is -2.21. The molecule has 98 valence electrons. The zero-order chi connectivity index (χ0) is 13.4. The molecule has 1 saturated heterocycles. The van der Waals surface area contributed by atoms with Crippen molar-refractivity contribution in [2.45, 2.75) is 19.1 Å². The number of benzene rings is 1. The van der Waals surface area contributed by atoms with Gasteiger partial charge in [0.15, 0.2) is 6.23 Å². The average Bonchev–Trinajstić information content (AvgIpc) is 2.72. The number of fused-ring (bicyclic) bond motifs is 1. The summed E-state index contributed by atoms with van der Waals surface area (Å²) in [6.07, 6.45) is 4.05. The molecule has 2 amide bonds. The van der Waals surface area contributed by atoms with E-state index >= 15 is 0 Å². The summed E-state index contributed by atoms with van der Waals surface area (Å²) < 4.78 is 0. The summed E-state index contributed by atoms with van der Waals surface area (Å²) in [6.45, 7) is 0. The third kappa shape index (κ3) is 1.88. The molecular formula is C15H15NO3. The van der Waals surface area contributed by atoms with Gasteiger partial charge in [0.2, 0.25) is 11.8 Å². The van der Waals surface area contributed by atoms with E-state index in [1.165, 1.54) is 0 Å². The lowest BCUT2D eigenvalue weighted by atomic mass is 9.86. The van der Waals surface area contributed by atoms with E-state index in [1.807, 2.05) is 12.1 Å². The Morgan fingerprint density at radius 1 is 1.16 bits per heavy atom. The van der Waals surface area contributed by atoms with E-state index in [0.717, 1.165) is 11.3 Å². The van der Waals surface area contributed by atoms with Crippen LogP contribution in [0.2, 0.25) is 0 Å². The van der Waals surface area contributed by atoms with Crippen molar-refractivity contribution < 1.29 is 14.7 Å². The van der Waals surface area contributed by atoms with Gasteiger partial charge in [-0.1, -0.05) is 42.5 Å². The Morgan fingerprint density at radius 3 is 2.58 bits per heavy atom. The number of hydrogen-bond donors (Lipinski definition) is 1. The van der Waals surface area contributed by atoms with Crippen molar-refractivity contribution >= 4 is 11.8 Å². The molecule has 0 spiro atoms. The van der Waals surface area contributed by atoms with Gasteiger partial charge in [0.25, 0.3) is 0 Å². The van der Waals surface area contributed by atoms with Crippen molar-refractivity contribution in [2.24, 2.45) is 11.8 Å². The van der Waals surface area contributed by atoms with Crippen molar-refractivity contribution in [3.05, 3.63) is 48.0 Å². The van der Waals surface area contributed by atoms with Crippen molar-refractivity contribution in [3.63, 3.8) is 0 Å². The van der Waals surface area contributed by atoms with Crippen LogP contribution in [-0.2, 0) is 9.59 Å². The van der Waals surface area contributed by atoms with Crippen LogP contribution in [0.15, 0.2) is 42.5 Å². The number of carbonyl (C=O) groups excluding carboxylic acids is 2. The van der Waals surface area contributed by atoms with E-state index in [0.29, 0.717) is 12.0 Å². The highest BCUT2D eigenvalue weighted by Gasteiger charge is 2.49. The van der Waals surface area contributed by atoms with Crippen LogP contribution in [0.5, 0.6) is 0 Å². The zero-order valence-corrected chi connectivity index (χ0v) is 10.4. The number of imide groups is 1. The number of likely N-dealkylation sites (tertiary alicyclic amines) is 1. The molecule has 0 radical (unpaired) electrons. The normalized spacial score (nSPS) is 27.5. The Kier molecular flexibility index (Phi) is 2.95. The Bertz CT molecular complexity index is 538. The van der Waals surface area contributed by atoms with Crippen LogP contribution >= 0.6 is 0 Å². The molecule has 0 saturated carbocycles. The number of aliphatic hydroxyl groups excluding tert-OH is 1. The SMILES string of the molecule is O=C1C2C=CCCC2C(=O)N1C(O)c1ccccc1. The monoisotopic (exact) mass is 257 g/mol. The molecule has 4 nitrogen and oxygen atoms in total. The molecule has 1 aromatic rings. The Hall–Kier alpha value is -1.94. The highest BCUT2D eigenvalue weighted by molar-refractivity contribution is 6.06. The van der Waals surface area contributed by atoms with E-state index in [1.54, 1.807) is 30.3 Å². The summed E-state index contributed by atoms with van der Waals surface area (Å²) in [5, 5.41) is 10.3. The second-order valence-corrected chi connectivity index (χ2v) is 4.97. The highest BCUT2D eigenvalue weighted by atomic mass is 16.3. The van der Waals surface area contributed by atoms with E-state index < -0.39 is 6.23 Å². The number of nitrogens with zero attached hydrogens (tertiary/aromatic N) is 1.